The Balaban J connectivity index is 1.51. The Hall–Kier alpha value is -4.55. The van der Waals surface area contributed by atoms with Crippen molar-refractivity contribution in [1.29, 1.82) is 0 Å². The molecule has 180 valence electrons. The van der Waals surface area contributed by atoms with E-state index in [1.807, 2.05) is 61.8 Å². The van der Waals surface area contributed by atoms with Crippen molar-refractivity contribution in [3.8, 4) is 27.4 Å². The minimum absolute atomic E-state index is 0.235. The lowest BCUT2D eigenvalue weighted by Crippen LogP contribution is -2.14. The largest absolute Gasteiger partial charge is 0.507 e. The Labute approximate surface area is 219 Å². The maximum atomic E-state index is 10.4. The lowest BCUT2D eigenvalue weighted by Gasteiger charge is -2.27. The summed E-state index contributed by atoms with van der Waals surface area (Å²) in [7, 11) is 0. The normalized spacial score (nSPS) is 11.1. The van der Waals surface area contributed by atoms with E-state index in [4.69, 9.17) is 4.98 Å². The molecule has 3 aromatic carbocycles. The molecule has 0 atom stereocenters. The van der Waals surface area contributed by atoms with E-state index in [1.165, 1.54) is 0 Å². The third-order valence-corrected chi connectivity index (χ3v) is 7.43. The van der Waals surface area contributed by atoms with Crippen LogP contribution < -0.4 is 4.90 Å². The molecule has 0 aliphatic carbocycles. The number of aromatic hydroxyl groups is 1. The molecular formula is C31H24N4OS. The first-order valence-corrected chi connectivity index (χ1v) is 12.8. The number of phenols is 1. The number of aryl methyl sites for hydroxylation is 2. The minimum Gasteiger partial charge on any atom is -0.507 e. The van der Waals surface area contributed by atoms with Crippen molar-refractivity contribution in [3.05, 3.63) is 115 Å². The van der Waals surface area contributed by atoms with Crippen LogP contribution in [-0.2, 0) is 0 Å². The molecule has 37 heavy (non-hydrogen) atoms. The molecule has 6 heteroatoms. The molecule has 0 saturated heterocycles. The predicted molar refractivity (Wildman–Crippen MR) is 152 cm³/mol. The van der Waals surface area contributed by atoms with Gasteiger partial charge in [-0.15, -0.1) is 11.3 Å². The number of thiazole rings is 1. The molecule has 0 spiro atoms. The van der Waals surface area contributed by atoms with Gasteiger partial charge in [0.1, 0.15) is 16.6 Å². The van der Waals surface area contributed by atoms with Crippen molar-refractivity contribution in [2.75, 3.05) is 4.90 Å². The Bertz CT molecular complexity index is 1710. The van der Waals surface area contributed by atoms with Gasteiger partial charge in [0.15, 0.2) is 0 Å². The Kier molecular flexibility index (Phi) is 5.87. The van der Waals surface area contributed by atoms with Gasteiger partial charge in [-0.25, -0.2) is 9.97 Å². The van der Waals surface area contributed by atoms with E-state index >= 15 is 0 Å². The van der Waals surface area contributed by atoms with Crippen LogP contribution in [-0.4, -0.2) is 20.1 Å². The third kappa shape index (κ3) is 4.21. The second kappa shape index (κ2) is 9.48. The summed E-state index contributed by atoms with van der Waals surface area (Å²) in [6, 6.07) is 30.0. The number of anilines is 3. The van der Waals surface area contributed by atoms with Crippen LogP contribution in [0.3, 0.4) is 0 Å². The zero-order valence-electron chi connectivity index (χ0n) is 20.5. The second-order valence-corrected chi connectivity index (χ2v) is 9.85. The number of aromatic nitrogens is 3. The van der Waals surface area contributed by atoms with E-state index in [0.717, 1.165) is 60.4 Å². The fourth-order valence-corrected chi connectivity index (χ4v) is 5.68. The lowest BCUT2D eigenvalue weighted by molar-refractivity contribution is 0.477. The predicted octanol–water partition coefficient (Wildman–Crippen LogP) is 8.21. The van der Waals surface area contributed by atoms with Crippen molar-refractivity contribution in [2.45, 2.75) is 13.8 Å². The highest BCUT2D eigenvalue weighted by Gasteiger charge is 2.20. The number of hydrogen-bond donors (Lipinski definition) is 1. The quantitative estimate of drug-likeness (QED) is 0.258. The zero-order valence-corrected chi connectivity index (χ0v) is 21.3. The minimum atomic E-state index is 0.235. The molecule has 0 radical (unpaired) electrons. The summed E-state index contributed by atoms with van der Waals surface area (Å²) in [5, 5.41) is 11.2. The molecule has 0 aliphatic heterocycles. The molecular weight excluding hydrogens is 476 g/mol. The van der Waals surface area contributed by atoms with Gasteiger partial charge in [0.2, 0.25) is 0 Å². The number of nitrogens with zero attached hydrogens (tertiary/aromatic N) is 4. The number of benzene rings is 3. The van der Waals surface area contributed by atoms with Crippen LogP contribution >= 0.6 is 11.3 Å². The van der Waals surface area contributed by atoms with Gasteiger partial charge in [0.05, 0.1) is 27.2 Å². The van der Waals surface area contributed by atoms with Crippen molar-refractivity contribution in [2.24, 2.45) is 0 Å². The van der Waals surface area contributed by atoms with Gasteiger partial charge in [-0.3, -0.25) is 9.88 Å². The summed E-state index contributed by atoms with van der Waals surface area (Å²) in [6.07, 6.45) is 3.65. The van der Waals surface area contributed by atoms with E-state index in [2.05, 4.69) is 64.3 Å². The van der Waals surface area contributed by atoms with E-state index in [-0.39, 0.29) is 5.75 Å². The number of fused-ring (bicyclic) bond motifs is 1. The summed E-state index contributed by atoms with van der Waals surface area (Å²) < 4.78 is 1.07. The summed E-state index contributed by atoms with van der Waals surface area (Å²) in [4.78, 5) is 16.4. The Morgan fingerprint density at radius 3 is 2.38 bits per heavy atom. The average molecular weight is 501 g/mol. The molecule has 0 fully saturated rings. The van der Waals surface area contributed by atoms with Gasteiger partial charge in [-0.05, 0) is 73.5 Å². The molecule has 6 rings (SSSR count). The average Bonchev–Trinajstić information content (AvgIpc) is 3.36. The molecule has 1 N–H and O–H groups in total. The molecule has 0 saturated carbocycles. The smallest absolute Gasteiger partial charge is 0.137 e. The highest BCUT2D eigenvalue weighted by atomic mass is 32.1. The van der Waals surface area contributed by atoms with E-state index in [0.29, 0.717) is 0 Å². The third-order valence-electron chi connectivity index (χ3n) is 6.38. The van der Waals surface area contributed by atoms with Gasteiger partial charge < -0.3 is 5.11 Å². The summed E-state index contributed by atoms with van der Waals surface area (Å²) >= 11 is 1.58. The van der Waals surface area contributed by atoms with Gasteiger partial charge in [-0.2, -0.15) is 0 Å². The lowest BCUT2D eigenvalue weighted by atomic mass is 10.0. The standard InChI is InChI=1S/C31H24N4OS/c1-20-16-18-32-21(2)30(20)35(28-15-5-6-17-33-28)23-10-7-9-22(19-23)24-12-8-14-27-29(24)34-31(37-27)25-11-3-4-13-26(25)36/h3-19,36H,1-2H3. The number of phenolic OH excluding ortho intramolecular Hbond substituents is 1. The van der Waals surface area contributed by atoms with Gasteiger partial charge >= 0.3 is 0 Å². The summed E-state index contributed by atoms with van der Waals surface area (Å²) in [5.41, 5.74) is 7.82. The molecule has 0 unspecified atom stereocenters. The summed E-state index contributed by atoms with van der Waals surface area (Å²) in [6.45, 7) is 4.12. The van der Waals surface area contributed by atoms with Crippen LogP contribution in [0.1, 0.15) is 11.3 Å². The van der Waals surface area contributed by atoms with Crippen molar-refractivity contribution in [1.82, 2.24) is 15.0 Å². The van der Waals surface area contributed by atoms with Crippen LogP contribution in [0.15, 0.2) is 103 Å². The first-order valence-electron chi connectivity index (χ1n) is 12.0. The van der Waals surface area contributed by atoms with Crippen LogP contribution in [0.2, 0.25) is 0 Å². The highest BCUT2D eigenvalue weighted by molar-refractivity contribution is 7.21. The van der Waals surface area contributed by atoms with Crippen LogP contribution in [0.5, 0.6) is 5.75 Å². The molecule has 5 nitrogen and oxygen atoms in total. The number of para-hydroxylation sites is 2. The molecule has 3 aromatic heterocycles. The van der Waals surface area contributed by atoms with E-state index in [9.17, 15) is 5.11 Å². The van der Waals surface area contributed by atoms with Crippen LogP contribution in [0.4, 0.5) is 17.2 Å². The fraction of sp³-hybridized carbons (Fsp3) is 0.0645. The van der Waals surface area contributed by atoms with Gasteiger partial charge in [0.25, 0.3) is 0 Å². The molecule has 0 aliphatic rings. The first-order chi connectivity index (χ1) is 18.1. The van der Waals surface area contributed by atoms with Crippen molar-refractivity contribution < 1.29 is 5.11 Å². The molecule has 0 amide bonds. The van der Waals surface area contributed by atoms with Gasteiger partial charge in [-0.1, -0.05) is 42.5 Å². The topological polar surface area (TPSA) is 62.1 Å². The SMILES string of the molecule is Cc1ccnc(C)c1N(c1cccc(-c2cccc3sc(-c4ccccc4O)nc23)c1)c1ccccn1. The Morgan fingerprint density at radius 1 is 0.757 bits per heavy atom. The number of rotatable bonds is 5. The second-order valence-electron chi connectivity index (χ2n) is 8.82. The zero-order chi connectivity index (χ0) is 25.4. The van der Waals surface area contributed by atoms with Crippen molar-refractivity contribution in [3.63, 3.8) is 0 Å². The summed E-state index contributed by atoms with van der Waals surface area (Å²) in [5.74, 6) is 1.06. The van der Waals surface area contributed by atoms with Crippen molar-refractivity contribution >= 4 is 38.7 Å². The number of hydrogen-bond acceptors (Lipinski definition) is 6. The highest BCUT2D eigenvalue weighted by Crippen LogP contribution is 2.41. The number of pyridine rings is 2. The maximum absolute atomic E-state index is 10.4. The fourth-order valence-electron chi connectivity index (χ4n) is 4.65. The van der Waals surface area contributed by atoms with E-state index in [1.54, 1.807) is 17.4 Å². The Morgan fingerprint density at radius 2 is 1.57 bits per heavy atom. The maximum Gasteiger partial charge on any atom is 0.137 e. The van der Waals surface area contributed by atoms with Gasteiger partial charge in [0, 0.05) is 23.6 Å². The monoisotopic (exact) mass is 500 g/mol. The van der Waals surface area contributed by atoms with E-state index < -0.39 is 0 Å². The van der Waals surface area contributed by atoms with Crippen LogP contribution in [0.25, 0.3) is 31.9 Å². The first kappa shape index (κ1) is 22.9. The molecule has 6 aromatic rings. The molecule has 3 heterocycles. The van der Waals surface area contributed by atoms with Crippen LogP contribution in [0, 0.1) is 13.8 Å². The molecule has 0 bridgehead atoms.